The number of benzene rings is 2. The summed E-state index contributed by atoms with van der Waals surface area (Å²) in [4.78, 5) is 26.8. The largest absolute Gasteiger partial charge is 0.354 e. The van der Waals surface area contributed by atoms with Crippen LogP contribution in [0.1, 0.15) is 31.4 Å². The quantitative estimate of drug-likeness (QED) is 0.511. The van der Waals surface area contributed by atoms with Crippen molar-refractivity contribution in [1.82, 2.24) is 10.2 Å². The molecule has 1 N–H and O–H groups in total. The summed E-state index contributed by atoms with van der Waals surface area (Å²) in [6.07, 6.45) is 0.791. The fourth-order valence-electron chi connectivity index (χ4n) is 2.76. The van der Waals surface area contributed by atoms with Crippen LogP contribution in [0.2, 0.25) is 10.0 Å². The first-order chi connectivity index (χ1) is 14.3. The molecule has 162 valence electrons. The standard InChI is InChI=1S/C22H25Cl2FN2O2S/c1-3-10-26-22(29)15(2)27(12-17-6-4-5-7-20(17)25)21(28)14-30-13-16-8-9-18(23)19(24)11-16/h4-9,11,15H,3,10,12-14H2,1-2H3,(H,26,29). The molecule has 30 heavy (non-hydrogen) atoms. The Morgan fingerprint density at radius 3 is 2.57 bits per heavy atom. The molecule has 8 heteroatoms. The highest BCUT2D eigenvalue weighted by molar-refractivity contribution is 7.99. The molecule has 0 spiro atoms. The zero-order valence-electron chi connectivity index (χ0n) is 17.0. The predicted molar refractivity (Wildman–Crippen MR) is 122 cm³/mol. The Bertz CT molecular complexity index is 882. The third-order valence-corrected chi connectivity index (χ3v) is 6.22. The molecule has 2 aromatic rings. The molecule has 0 saturated heterocycles. The summed E-state index contributed by atoms with van der Waals surface area (Å²) in [7, 11) is 0. The maximum absolute atomic E-state index is 14.2. The molecule has 1 atom stereocenters. The molecule has 0 radical (unpaired) electrons. The molecule has 0 aliphatic heterocycles. The number of amides is 2. The molecule has 0 heterocycles. The molecule has 0 bridgehead atoms. The molecule has 2 rings (SSSR count). The van der Waals surface area contributed by atoms with Crippen LogP contribution >= 0.6 is 35.0 Å². The van der Waals surface area contributed by atoms with Gasteiger partial charge in [-0.3, -0.25) is 9.59 Å². The van der Waals surface area contributed by atoms with Crippen LogP contribution in [0.3, 0.4) is 0 Å². The van der Waals surface area contributed by atoms with Crippen molar-refractivity contribution < 1.29 is 14.0 Å². The van der Waals surface area contributed by atoms with Gasteiger partial charge in [0.15, 0.2) is 0 Å². The normalized spacial score (nSPS) is 11.8. The zero-order valence-corrected chi connectivity index (χ0v) is 19.3. The lowest BCUT2D eigenvalue weighted by Gasteiger charge is -2.29. The van der Waals surface area contributed by atoms with Crippen LogP contribution in [0.5, 0.6) is 0 Å². The second-order valence-electron chi connectivity index (χ2n) is 6.82. The van der Waals surface area contributed by atoms with Crippen LogP contribution in [-0.4, -0.2) is 35.1 Å². The Balaban J connectivity index is 2.07. The van der Waals surface area contributed by atoms with Gasteiger partial charge in [0.25, 0.3) is 0 Å². The van der Waals surface area contributed by atoms with E-state index in [1.165, 1.54) is 22.7 Å². The Morgan fingerprint density at radius 1 is 1.17 bits per heavy atom. The minimum absolute atomic E-state index is 0.0273. The number of carbonyl (C=O) groups excluding carboxylic acids is 2. The molecule has 2 amide bonds. The minimum Gasteiger partial charge on any atom is -0.354 e. The summed E-state index contributed by atoms with van der Waals surface area (Å²) < 4.78 is 14.2. The van der Waals surface area contributed by atoms with Gasteiger partial charge in [0.05, 0.1) is 15.8 Å². The Morgan fingerprint density at radius 2 is 1.90 bits per heavy atom. The first-order valence-corrected chi connectivity index (χ1v) is 11.6. The van der Waals surface area contributed by atoms with Crippen LogP contribution in [-0.2, 0) is 21.9 Å². The number of hydrogen-bond acceptors (Lipinski definition) is 3. The maximum atomic E-state index is 14.2. The maximum Gasteiger partial charge on any atom is 0.242 e. The van der Waals surface area contributed by atoms with Gasteiger partial charge in [0.2, 0.25) is 11.8 Å². The van der Waals surface area contributed by atoms with Gasteiger partial charge >= 0.3 is 0 Å². The fraction of sp³-hybridized carbons (Fsp3) is 0.364. The molecule has 0 aromatic heterocycles. The number of thioether (sulfide) groups is 1. The highest BCUT2D eigenvalue weighted by atomic mass is 35.5. The van der Waals surface area contributed by atoms with E-state index in [2.05, 4.69) is 5.32 Å². The van der Waals surface area contributed by atoms with Crippen LogP contribution in [0.25, 0.3) is 0 Å². The van der Waals surface area contributed by atoms with E-state index >= 15 is 0 Å². The van der Waals surface area contributed by atoms with Gasteiger partial charge in [-0.05, 0) is 37.1 Å². The highest BCUT2D eigenvalue weighted by Gasteiger charge is 2.26. The van der Waals surface area contributed by atoms with Crippen LogP contribution in [0, 0.1) is 5.82 Å². The monoisotopic (exact) mass is 470 g/mol. The third kappa shape index (κ3) is 7.18. The van der Waals surface area contributed by atoms with Crippen molar-refractivity contribution in [3.05, 3.63) is 69.5 Å². The first-order valence-electron chi connectivity index (χ1n) is 9.65. The van der Waals surface area contributed by atoms with E-state index in [9.17, 15) is 14.0 Å². The first kappa shape index (κ1) is 24.5. The Labute approximate surface area is 191 Å². The van der Waals surface area contributed by atoms with E-state index in [0.717, 1.165) is 12.0 Å². The van der Waals surface area contributed by atoms with Gasteiger partial charge in [0, 0.05) is 24.4 Å². The van der Waals surface area contributed by atoms with Crippen molar-refractivity contribution >= 4 is 46.8 Å². The van der Waals surface area contributed by atoms with Gasteiger partial charge in [-0.2, -0.15) is 0 Å². The molecule has 0 aliphatic rings. The van der Waals surface area contributed by atoms with Crippen molar-refractivity contribution in [3.63, 3.8) is 0 Å². The van der Waals surface area contributed by atoms with Crippen molar-refractivity contribution in [1.29, 1.82) is 0 Å². The third-order valence-electron chi connectivity index (χ3n) is 4.49. The molecular weight excluding hydrogens is 446 g/mol. The summed E-state index contributed by atoms with van der Waals surface area (Å²) in [6.45, 7) is 4.16. The van der Waals surface area contributed by atoms with Crippen LogP contribution in [0.4, 0.5) is 4.39 Å². The lowest BCUT2D eigenvalue weighted by Crippen LogP contribution is -2.48. The van der Waals surface area contributed by atoms with Gasteiger partial charge in [-0.15, -0.1) is 11.8 Å². The average molecular weight is 471 g/mol. The molecule has 0 saturated carbocycles. The molecular formula is C22H25Cl2FN2O2S. The Kier molecular flexibility index (Phi) is 9.95. The number of nitrogens with zero attached hydrogens (tertiary/aromatic N) is 1. The number of rotatable bonds is 10. The van der Waals surface area contributed by atoms with Crippen molar-refractivity contribution in [3.8, 4) is 0 Å². The topological polar surface area (TPSA) is 49.4 Å². The molecule has 1 unspecified atom stereocenters. The second-order valence-corrected chi connectivity index (χ2v) is 8.62. The second kappa shape index (κ2) is 12.2. The summed E-state index contributed by atoms with van der Waals surface area (Å²) in [5.41, 5.74) is 1.31. The van der Waals surface area contributed by atoms with E-state index in [0.29, 0.717) is 27.9 Å². The van der Waals surface area contributed by atoms with Gasteiger partial charge < -0.3 is 10.2 Å². The number of nitrogens with one attached hydrogen (secondary N) is 1. The fourth-order valence-corrected chi connectivity index (χ4v) is 3.94. The number of carbonyl (C=O) groups is 2. The summed E-state index contributed by atoms with van der Waals surface area (Å²) in [5, 5.41) is 3.74. The summed E-state index contributed by atoms with van der Waals surface area (Å²) in [6, 6.07) is 10.9. The van der Waals surface area contributed by atoms with Crippen LogP contribution < -0.4 is 5.32 Å². The van der Waals surface area contributed by atoms with Crippen molar-refractivity contribution in [2.24, 2.45) is 0 Å². The lowest BCUT2D eigenvalue weighted by molar-refractivity contribution is -0.138. The lowest BCUT2D eigenvalue weighted by atomic mass is 10.1. The van der Waals surface area contributed by atoms with E-state index in [1.807, 2.05) is 13.0 Å². The van der Waals surface area contributed by atoms with Crippen molar-refractivity contribution in [2.75, 3.05) is 12.3 Å². The van der Waals surface area contributed by atoms with E-state index < -0.39 is 11.9 Å². The van der Waals surface area contributed by atoms with E-state index in [1.54, 1.807) is 37.3 Å². The molecule has 0 fully saturated rings. The summed E-state index contributed by atoms with van der Waals surface area (Å²) >= 11 is 13.4. The Hall–Kier alpha value is -1.76. The van der Waals surface area contributed by atoms with Gasteiger partial charge in [0.1, 0.15) is 11.9 Å². The summed E-state index contributed by atoms with van der Waals surface area (Å²) in [5.74, 6) is -0.175. The number of halogens is 3. The highest BCUT2D eigenvalue weighted by Crippen LogP contribution is 2.25. The van der Waals surface area contributed by atoms with Crippen molar-refractivity contribution in [2.45, 2.75) is 38.6 Å². The predicted octanol–water partition coefficient (Wildman–Crippen LogP) is 5.31. The smallest absolute Gasteiger partial charge is 0.242 e. The van der Waals surface area contributed by atoms with E-state index in [4.69, 9.17) is 23.2 Å². The van der Waals surface area contributed by atoms with Gasteiger partial charge in [-0.1, -0.05) is 54.4 Å². The zero-order chi connectivity index (χ0) is 22.1. The van der Waals surface area contributed by atoms with Crippen LogP contribution in [0.15, 0.2) is 42.5 Å². The SMILES string of the molecule is CCCNC(=O)C(C)N(Cc1ccccc1F)C(=O)CSCc1ccc(Cl)c(Cl)c1. The average Bonchev–Trinajstić information content (AvgIpc) is 2.73. The van der Waals surface area contributed by atoms with E-state index in [-0.39, 0.29) is 24.1 Å². The molecule has 0 aliphatic carbocycles. The molecule has 2 aromatic carbocycles. The molecule has 4 nitrogen and oxygen atoms in total. The minimum atomic E-state index is -0.714. The van der Waals surface area contributed by atoms with Gasteiger partial charge in [-0.25, -0.2) is 4.39 Å². The number of hydrogen-bond donors (Lipinski definition) is 1.